The summed E-state index contributed by atoms with van der Waals surface area (Å²) in [5, 5.41) is 0.632. The molecular formula is C14H12BrClFN. The van der Waals surface area contributed by atoms with Crippen LogP contribution >= 0.6 is 27.5 Å². The van der Waals surface area contributed by atoms with Crippen molar-refractivity contribution in [2.24, 2.45) is 5.73 Å². The second kappa shape index (κ2) is 5.39. The Kier molecular flexibility index (Phi) is 4.05. The van der Waals surface area contributed by atoms with Crippen LogP contribution in [0.2, 0.25) is 5.02 Å². The van der Waals surface area contributed by atoms with Crippen LogP contribution in [0, 0.1) is 12.7 Å². The lowest BCUT2D eigenvalue weighted by Crippen LogP contribution is -2.12. The van der Waals surface area contributed by atoms with E-state index in [0.717, 1.165) is 15.6 Å². The summed E-state index contributed by atoms with van der Waals surface area (Å²) < 4.78 is 14.4. The lowest BCUT2D eigenvalue weighted by molar-refractivity contribution is 0.614. The molecule has 2 rings (SSSR count). The van der Waals surface area contributed by atoms with Crippen LogP contribution in [0.1, 0.15) is 22.7 Å². The number of benzene rings is 2. The van der Waals surface area contributed by atoms with Crippen molar-refractivity contribution in [2.75, 3.05) is 0 Å². The molecule has 0 radical (unpaired) electrons. The van der Waals surface area contributed by atoms with Crippen molar-refractivity contribution in [1.82, 2.24) is 0 Å². The third-order valence-electron chi connectivity index (χ3n) is 2.85. The Labute approximate surface area is 119 Å². The summed E-state index contributed by atoms with van der Waals surface area (Å²) in [5.74, 6) is -0.243. The van der Waals surface area contributed by atoms with Gasteiger partial charge >= 0.3 is 0 Å². The van der Waals surface area contributed by atoms with Gasteiger partial charge in [-0.3, -0.25) is 0 Å². The summed E-state index contributed by atoms with van der Waals surface area (Å²) in [7, 11) is 0. The molecule has 0 aliphatic carbocycles. The van der Waals surface area contributed by atoms with Crippen LogP contribution < -0.4 is 5.73 Å². The van der Waals surface area contributed by atoms with Gasteiger partial charge in [-0.15, -0.1) is 0 Å². The van der Waals surface area contributed by atoms with E-state index in [0.29, 0.717) is 10.6 Å². The fraction of sp³-hybridized carbons (Fsp3) is 0.143. The second-order valence-electron chi connectivity index (χ2n) is 4.15. The van der Waals surface area contributed by atoms with Gasteiger partial charge in [0.25, 0.3) is 0 Å². The topological polar surface area (TPSA) is 26.0 Å². The minimum atomic E-state index is -0.383. The molecule has 1 nitrogen and oxygen atoms in total. The monoisotopic (exact) mass is 327 g/mol. The van der Waals surface area contributed by atoms with Gasteiger partial charge in [0.1, 0.15) is 5.82 Å². The third kappa shape index (κ3) is 2.74. The summed E-state index contributed by atoms with van der Waals surface area (Å²) in [6, 6.07) is 10.0. The van der Waals surface area contributed by atoms with Crippen molar-refractivity contribution in [1.29, 1.82) is 0 Å². The largest absolute Gasteiger partial charge is 0.320 e. The fourth-order valence-electron chi connectivity index (χ4n) is 1.74. The summed E-state index contributed by atoms with van der Waals surface area (Å²) in [5.41, 5.74) is 8.37. The SMILES string of the molecule is Cc1ccc(C(N)c2ccc(Cl)cc2Br)cc1F. The molecule has 1 atom stereocenters. The Bertz CT molecular complexity index is 586. The predicted molar refractivity (Wildman–Crippen MR) is 76.3 cm³/mol. The highest BCUT2D eigenvalue weighted by molar-refractivity contribution is 9.10. The number of aryl methyl sites for hydroxylation is 1. The van der Waals surface area contributed by atoms with Gasteiger partial charge in [0, 0.05) is 9.50 Å². The molecule has 0 aliphatic heterocycles. The average Bonchev–Trinajstić information content (AvgIpc) is 2.32. The molecule has 0 spiro atoms. The minimum absolute atomic E-state index is 0.243. The van der Waals surface area contributed by atoms with Gasteiger partial charge in [-0.05, 0) is 41.8 Å². The van der Waals surface area contributed by atoms with Gasteiger partial charge in [0.05, 0.1) is 6.04 Å². The van der Waals surface area contributed by atoms with Crippen LogP contribution in [0.4, 0.5) is 4.39 Å². The van der Waals surface area contributed by atoms with E-state index in [1.54, 1.807) is 25.1 Å². The zero-order valence-electron chi connectivity index (χ0n) is 9.75. The Morgan fingerprint density at radius 2 is 1.94 bits per heavy atom. The molecule has 0 heterocycles. The van der Waals surface area contributed by atoms with E-state index in [2.05, 4.69) is 15.9 Å². The lowest BCUT2D eigenvalue weighted by Gasteiger charge is -2.15. The zero-order chi connectivity index (χ0) is 13.3. The van der Waals surface area contributed by atoms with E-state index in [1.807, 2.05) is 12.1 Å². The Morgan fingerprint density at radius 1 is 1.22 bits per heavy atom. The van der Waals surface area contributed by atoms with Gasteiger partial charge < -0.3 is 5.73 Å². The first kappa shape index (κ1) is 13.5. The van der Waals surface area contributed by atoms with E-state index < -0.39 is 0 Å². The van der Waals surface area contributed by atoms with Crippen LogP contribution in [-0.2, 0) is 0 Å². The zero-order valence-corrected chi connectivity index (χ0v) is 12.1. The van der Waals surface area contributed by atoms with Crippen molar-refractivity contribution in [3.05, 3.63) is 68.4 Å². The highest BCUT2D eigenvalue weighted by atomic mass is 79.9. The first-order chi connectivity index (χ1) is 8.49. The maximum absolute atomic E-state index is 13.5. The molecule has 0 saturated carbocycles. The first-order valence-electron chi connectivity index (χ1n) is 5.45. The van der Waals surface area contributed by atoms with E-state index in [9.17, 15) is 4.39 Å². The summed E-state index contributed by atoms with van der Waals surface area (Å²) >= 11 is 9.30. The molecule has 18 heavy (non-hydrogen) atoms. The lowest BCUT2D eigenvalue weighted by atomic mass is 9.98. The third-order valence-corrected chi connectivity index (χ3v) is 3.77. The minimum Gasteiger partial charge on any atom is -0.320 e. The van der Waals surface area contributed by atoms with E-state index >= 15 is 0 Å². The second-order valence-corrected chi connectivity index (χ2v) is 5.44. The van der Waals surface area contributed by atoms with Gasteiger partial charge in [0.2, 0.25) is 0 Å². The van der Waals surface area contributed by atoms with Crippen LogP contribution in [-0.4, -0.2) is 0 Å². The van der Waals surface area contributed by atoms with E-state index in [1.165, 1.54) is 6.07 Å². The standard InChI is InChI=1S/C14H12BrClFN/c1-8-2-3-9(6-13(8)17)14(18)11-5-4-10(16)7-12(11)15/h2-7,14H,18H2,1H3. The molecular weight excluding hydrogens is 317 g/mol. The van der Waals surface area contributed by atoms with E-state index in [4.69, 9.17) is 17.3 Å². The highest BCUT2D eigenvalue weighted by Gasteiger charge is 2.13. The normalized spacial score (nSPS) is 12.5. The van der Waals surface area contributed by atoms with Crippen LogP contribution in [0.15, 0.2) is 40.9 Å². The molecule has 2 N–H and O–H groups in total. The molecule has 4 heteroatoms. The smallest absolute Gasteiger partial charge is 0.126 e. The molecule has 0 amide bonds. The Hall–Kier alpha value is -0.900. The van der Waals surface area contributed by atoms with Crippen LogP contribution in [0.3, 0.4) is 0 Å². The molecule has 2 aromatic rings. The molecule has 0 bridgehead atoms. The number of rotatable bonds is 2. The first-order valence-corrected chi connectivity index (χ1v) is 6.62. The highest BCUT2D eigenvalue weighted by Crippen LogP contribution is 2.29. The average molecular weight is 329 g/mol. The van der Waals surface area contributed by atoms with Crippen molar-refractivity contribution >= 4 is 27.5 Å². The molecule has 0 aromatic heterocycles. The van der Waals surface area contributed by atoms with Gasteiger partial charge in [-0.2, -0.15) is 0 Å². The van der Waals surface area contributed by atoms with Crippen LogP contribution in [0.5, 0.6) is 0 Å². The maximum atomic E-state index is 13.5. The molecule has 2 aromatic carbocycles. The molecule has 0 aliphatic rings. The molecule has 1 unspecified atom stereocenters. The van der Waals surface area contributed by atoms with Gasteiger partial charge in [0.15, 0.2) is 0 Å². The summed E-state index contributed by atoms with van der Waals surface area (Å²) in [6.45, 7) is 1.73. The Morgan fingerprint density at radius 3 is 2.56 bits per heavy atom. The van der Waals surface area contributed by atoms with Crippen molar-refractivity contribution in [3.63, 3.8) is 0 Å². The summed E-state index contributed by atoms with van der Waals surface area (Å²) in [6.07, 6.45) is 0. The number of hydrogen-bond donors (Lipinski definition) is 1. The molecule has 0 saturated heterocycles. The number of hydrogen-bond acceptors (Lipinski definition) is 1. The number of halogens is 3. The molecule has 0 fully saturated rings. The van der Waals surface area contributed by atoms with E-state index in [-0.39, 0.29) is 11.9 Å². The summed E-state index contributed by atoms with van der Waals surface area (Å²) in [4.78, 5) is 0. The predicted octanol–water partition coefficient (Wildman–Crippen LogP) is 4.60. The quantitative estimate of drug-likeness (QED) is 0.856. The van der Waals surface area contributed by atoms with Gasteiger partial charge in [-0.1, -0.05) is 45.7 Å². The van der Waals surface area contributed by atoms with Crippen molar-refractivity contribution in [2.45, 2.75) is 13.0 Å². The van der Waals surface area contributed by atoms with Crippen molar-refractivity contribution in [3.8, 4) is 0 Å². The van der Waals surface area contributed by atoms with Crippen LogP contribution in [0.25, 0.3) is 0 Å². The number of nitrogens with two attached hydrogens (primary N) is 1. The Balaban J connectivity index is 2.41. The van der Waals surface area contributed by atoms with Gasteiger partial charge in [-0.25, -0.2) is 4.39 Å². The maximum Gasteiger partial charge on any atom is 0.126 e. The molecule has 94 valence electrons. The fourth-order valence-corrected chi connectivity index (χ4v) is 2.67. The van der Waals surface area contributed by atoms with Crippen molar-refractivity contribution < 1.29 is 4.39 Å².